The maximum atomic E-state index is 12.1. The lowest BCUT2D eigenvalue weighted by Crippen LogP contribution is -2.26. The van der Waals surface area contributed by atoms with Gasteiger partial charge in [0, 0.05) is 19.2 Å². The van der Waals surface area contributed by atoms with Crippen LogP contribution in [0.4, 0.5) is 5.69 Å². The third kappa shape index (κ3) is 2.60. The fourth-order valence-corrected chi connectivity index (χ4v) is 2.43. The van der Waals surface area contributed by atoms with Crippen LogP contribution >= 0.6 is 0 Å². The van der Waals surface area contributed by atoms with E-state index in [9.17, 15) is 4.79 Å². The Hall–Kier alpha value is -2.08. The molecule has 0 spiro atoms. The number of hydrogen-bond acceptors (Lipinski definition) is 5. The molecule has 6 heteroatoms. The monoisotopic (exact) mass is 275 g/mol. The van der Waals surface area contributed by atoms with E-state index in [0.29, 0.717) is 11.5 Å². The number of furan rings is 1. The van der Waals surface area contributed by atoms with Crippen molar-refractivity contribution >= 4 is 5.69 Å². The van der Waals surface area contributed by atoms with Gasteiger partial charge in [0.05, 0.1) is 11.9 Å². The van der Waals surface area contributed by atoms with Gasteiger partial charge in [0.25, 0.3) is 5.56 Å². The summed E-state index contributed by atoms with van der Waals surface area (Å²) >= 11 is 0. The van der Waals surface area contributed by atoms with Crippen molar-refractivity contribution in [3.8, 4) is 0 Å². The lowest BCUT2D eigenvalue weighted by Gasteiger charge is -2.16. The Bertz CT molecular complexity index is 641. The number of nitrogens with zero attached hydrogens (tertiary/aromatic N) is 3. The average molecular weight is 275 g/mol. The average Bonchev–Trinajstić information content (AvgIpc) is 3.12. The maximum absolute atomic E-state index is 12.1. The van der Waals surface area contributed by atoms with E-state index in [1.54, 1.807) is 24.4 Å². The molecular formula is C14H17N3O3. The van der Waals surface area contributed by atoms with Gasteiger partial charge in [-0.15, -0.1) is 0 Å². The highest BCUT2D eigenvalue weighted by Gasteiger charge is 2.14. The molecule has 3 rings (SSSR count). The largest absolute Gasteiger partial charge is 0.462 e. The number of anilines is 1. The molecule has 0 amide bonds. The summed E-state index contributed by atoms with van der Waals surface area (Å²) in [6, 6.07) is 5.06. The van der Waals surface area contributed by atoms with Gasteiger partial charge in [-0.3, -0.25) is 4.79 Å². The Morgan fingerprint density at radius 2 is 2.00 bits per heavy atom. The van der Waals surface area contributed by atoms with Crippen LogP contribution in [0.25, 0.3) is 0 Å². The number of aliphatic hydroxyl groups excluding tert-OH is 1. The highest BCUT2D eigenvalue weighted by Crippen LogP contribution is 2.17. The van der Waals surface area contributed by atoms with E-state index >= 15 is 0 Å². The normalized spacial score (nSPS) is 14.9. The van der Waals surface area contributed by atoms with Crippen molar-refractivity contribution in [3.63, 3.8) is 0 Å². The SMILES string of the molecule is O=c1cc(N2CCCC2)cnn1Cc1ccc(CO)o1. The third-order valence-corrected chi connectivity index (χ3v) is 3.51. The van der Waals surface area contributed by atoms with Gasteiger partial charge in [-0.2, -0.15) is 5.10 Å². The first-order valence-corrected chi connectivity index (χ1v) is 6.77. The molecule has 1 saturated heterocycles. The van der Waals surface area contributed by atoms with Gasteiger partial charge < -0.3 is 14.4 Å². The predicted octanol–water partition coefficient (Wildman–Crippen LogP) is 0.977. The molecule has 106 valence electrons. The number of aliphatic hydroxyl groups is 1. The Balaban J connectivity index is 1.78. The molecule has 2 aromatic heterocycles. The molecule has 0 aromatic carbocycles. The first-order valence-electron chi connectivity index (χ1n) is 6.77. The number of hydrogen-bond donors (Lipinski definition) is 1. The van der Waals surface area contributed by atoms with E-state index in [4.69, 9.17) is 9.52 Å². The standard InChI is InChI=1S/C14H17N3O3/c18-10-13-4-3-12(20-13)9-17-14(19)7-11(8-15-17)16-5-1-2-6-16/h3-4,7-8,18H,1-2,5-6,9-10H2. The molecule has 0 unspecified atom stereocenters. The molecule has 1 aliphatic heterocycles. The highest BCUT2D eigenvalue weighted by molar-refractivity contribution is 5.43. The van der Waals surface area contributed by atoms with Gasteiger partial charge in [-0.25, -0.2) is 4.68 Å². The minimum atomic E-state index is -0.143. The van der Waals surface area contributed by atoms with Crippen molar-refractivity contribution in [1.82, 2.24) is 9.78 Å². The van der Waals surface area contributed by atoms with Crippen LogP contribution in [-0.4, -0.2) is 28.0 Å². The molecule has 0 saturated carbocycles. The van der Waals surface area contributed by atoms with Crippen LogP contribution in [0.1, 0.15) is 24.4 Å². The topological polar surface area (TPSA) is 71.5 Å². The maximum Gasteiger partial charge on any atom is 0.269 e. The Labute approximate surface area is 116 Å². The Kier molecular flexibility index (Phi) is 3.56. The van der Waals surface area contributed by atoms with E-state index in [-0.39, 0.29) is 18.7 Å². The molecule has 0 atom stereocenters. The zero-order valence-electron chi connectivity index (χ0n) is 11.2. The van der Waals surface area contributed by atoms with E-state index in [1.165, 1.54) is 17.5 Å². The van der Waals surface area contributed by atoms with Crippen molar-refractivity contribution < 1.29 is 9.52 Å². The van der Waals surface area contributed by atoms with Crippen LogP contribution < -0.4 is 10.5 Å². The molecule has 1 N–H and O–H groups in total. The summed E-state index contributed by atoms with van der Waals surface area (Å²) in [5.41, 5.74) is 0.746. The predicted molar refractivity (Wildman–Crippen MR) is 73.7 cm³/mol. The number of rotatable bonds is 4. The van der Waals surface area contributed by atoms with Crippen LogP contribution in [-0.2, 0) is 13.2 Å². The summed E-state index contributed by atoms with van der Waals surface area (Å²) in [7, 11) is 0. The zero-order chi connectivity index (χ0) is 13.9. The quantitative estimate of drug-likeness (QED) is 0.900. The van der Waals surface area contributed by atoms with Crippen LogP contribution in [0.3, 0.4) is 0 Å². The summed E-state index contributed by atoms with van der Waals surface area (Å²) in [6.45, 7) is 2.11. The van der Waals surface area contributed by atoms with Crippen molar-refractivity contribution in [3.05, 3.63) is 46.3 Å². The van der Waals surface area contributed by atoms with Crippen molar-refractivity contribution in [2.24, 2.45) is 0 Å². The minimum Gasteiger partial charge on any atom is -0.462 e. The number of aromatic nitrogens is 2. The summed E-state index contributed by atoms with van der Waals surface area (Å²) in [5, 5.41) is 13.1. The summed E-state index contributed by atoms with van der Waals surface area (Å²) in [4.78, 5) is 14.2. The van der Waals surface area contributed by atoms with E-state index in [1.807, 2.05) is 0 Å². The van der Waals surface area contributed by atoms with Crippen LogP contribution in [0.5, 0.6) is 0 Å². The molecule has 2 aromatic rings. The van der Waals surface area contributed by atoms with Gasteiger partial charge in [-0.05, 0) is 25.0 Å². The van der Waals surface area contributed by atoms with Gasteiger partial charge in [0.1, 0.15) is 24.7 Å². The van der Waals surface area contributed by atoms with Crippen LogP contribution in [0, 0.1) is 0 Å². The third-order valence-electron chi connectivity index (χ3n) is 3.51. The zero-order valence-corrected chi connectivity index (χ0v) is 11.2. The van der Waals surface area contributed by atoms with Gasteiger partial charge in [-0.1, -0.05) is 0 Å². The molecule has 6 nitrogen and oxygen atoms in total. The van der Waals surface area contributed by atoms with Gasteiger partial charge in [0.15, 0.2) is 0 Å². The second-order valence-corrected chi connectivity index (χ2v) is 4.93. The van der Waals surface area contributed by atoms with E-state index in [0.717, 1.165) is 18.8 Å². The van der Waals surface area contributed by atoms with Crippen molar-refractivity contribution in [2.45, 2.75) is 26.0 Å². The second kappa shape index (κ2) is 5.50. The minimum absolute atomic E-state index is 0.142. The molecule has 1 aliphatic rings. The Morgan fingerprint density at radius 3 is 2.65 bits per heavy atom. The molecule has 3 heterocycles. The molecule has 1 fully saturated rings. The van der Waals surface area contributed by atoms with Crippen LogP contribution in [0.15, 0.2) is 33.6 Å². The molecular weight excluding hydrogens is 258 g/mol. The van der Waals surface area contributed by atoms with Crippen molar-refractivity contribution in [2.75, 3.05) is 18.0 Å². The summed E-state index contributed by atoms with van der Waals surface area (Å²) in [6.07, 6.45) is 4.06. The molecule has 0 bridgehead atoms. The smallest absolute Gasteiger partial charge is 0.269 e. The van der Waals surface area contributed by atoms with E-state index in [2.05, 4.69) is 10.00 Å². The van der Waals surface area contributed by atoms with Crippen molar-refractivity contribution in [1.29, 1.82) is 0 Å². The fraction of sp³-hybridized carbons (Fsp3) is 0.429. The fourth-order valence-electron chi connectivity index (χ4n) is 2.43. The summed E-state index contributed by atoms with van der Waals surface area (Å²) in [5.74, 6) is 1.10. The molecule has 0 aliphatic carbocycles. The lowest BCUT2D eigenvalue weighted by molar-refractivity contribution is 0.242. The summed E-state index contributed by atoms with van der Waals surface area (Å²) < 4.78 is 6.72. The van der Waals surface area contributed by atoms with Crippen LogP contribution in [0.2, 0.25) is 0 Å². The van der Waals surface area contributed by atoms with Gasteiger partial charge >= 0.3 is 0 Å². The second-order valence-electron chi connectivity index (χ2n) is 4.93. The lowest BCUT2D eigenvalue weighted by atomic mass is 10.4. The highest BCUT2D eigenvalue weighted by atomic mass is 16.4. The van der Waals surface area contributed by atoms with E-state index < -0.39 is 0 Å². The van der Waals surface area contributed by atoms with Gasteiger partial charge in [0.2, 0.25) is 0 Å². The molecule has 20 heavy (non-hydrogen) atoms. The first kappa shape index (κ1) is 12.9. The first-order chi connectivity index (χ1) is 9.76. The Morgan fingerprint density at radius 1 is 1.25 bits per heavy atom. The molecule has 0 radical (unpaired) electrons.